The zero-order valence-corrected chi connectivity index (χ0v) is 16.8. The van der Waals surface area contributed by atoms with Crippen LogP contribution in [0.3, 0.4) is 0 Å². The molecule has 0 radical (unpaired) electrons. The highest BCUT2D eigenvalue weighted by atomic mass is 16.6. The van der Waals surface area contributed by atoms with Gasteiger partial charge < -0.3 is 20.1 Å². The number of carbonyl (C=O) groups is 3. The Balaban J connectivity index is 1.47. The summed E-state index contributed by atoms with van der Waals surface area (Å²) in [6.45, 7) is 0. The number of amides is 2. The van der Waals surface area contributed by atoms with Gasteiger partial charge in [-0.15, -0.1) is 0 Å². The maximum atomic E-state index is 12.9. The minimum Gasteiger partial charge on any atom is -0.495 e. The molecule has 1 aliphatic carbocycles. The van der Waals surface area contributed by atoms with Gasteiger partial charge in [0, 0.05) is 11.3 Å². The van der Waals surface area contributed by atoms with Crippen LogP contribution in [0.25, 0.3) is 0 Å². The summed E-state index contributed by atoms with van der Waals surface area (Å²) in [4.78, 5) is 37.5. The standard InChI is InChI=1S/C23H24N2O5/c1-29-19-10-3-2-9-18(19)25-21(27)15-7-6-8-16(13-15)24-22(28)17-14-20(26)30-23(17)11-4-5-12-23/h2-3,6-10,13,17H,4-5,11-12,14H2,1H3,(H,24,28)(H,25,27)/t17-/m0/s1. The Kier molecular flexibility index (Phi) is 5.44. The van der Waals surface area contributed by atoms with E-state index in [9.17, 15) is 14.4 Å². The van der Waals surface area contributed by atoms with Crippen LogP contribution in [0.5, 0.6) is 5.75 Å². The Bertz CT molecular complexity index is 981. The summed E-state index contributed by atoms with van der Waals surface area (Å²) >= 11 is 0. The lowest BCUT2D eigenvalue weighted by atomic mass is 9.85. The van der Waals surface area contributed by atoms with Crippen LogP contribution in [-0.2, 0) is 14.3 Å². The summed E-state index contributed by atoms with van der Waals surface area (Å²) in [5.41, 5.74) is 0.789. The van der Waals surface area contributed by atoms with Crippen LogP contribution >= 0.6 is 0 Å². The van der Waals surface area contributed by atoms with Crippen LogP contribution in [0.4, 0.5) is 11.4 Å². The Morgan fingerprint density at radius 1 is 1.07 bits per heavy atom. The van der Waals surface area contributed by atoms with Gasteiger partial charge in [0.1, 0.15) is 11.4 Å². The lowest BCUT2D eigenvalue weighted by molar-refractivity contribution is -0.149. The lowest BCUT2D eigenvalue weighted by Crippen LogP contribution is -2.39. The molecule has 1 saturated carbocycles. The number of anilines is 2. The molecule has 30 heavy (non-hydrogen) atoms. The lowest BCUT2D eigenvalue weighted by Gasteiger charge is -2.27. The molecule has 2 N–H and O–H groups in total. The van der Waals surface area contributed by atoms with Crippen molar-refractivity contribution in [2.45, 2.75) is 37.7 Å². The number of hydrogen-bond donors (Lipinski definition) is 2. The summed E-state index contributed by atoms with van der Waals surface area (Å²) in [7, 11) is 1.54. The number of nitrogens with one attached hydrogen (secondary N) is 2. The minimum absolute atomic E-state index is 0.0970. The monoisotopic (exact) mass is 408 g/mol. The largest absolute Gasteiger partial charge is 0.495 e. The molecular weight excluding hydrogens is 384 g/mol. The zero-order chi connectivity index (χ0) is 21.1. The Morgan fingerprint density at radius 3 is 2.60 bits per heavy atom. The van der Waals surface area contributed by atoms with Gasteiger partial charge >= 0.3 is 5.97 Å². The quantitative estimate of drug-likeness (QED) is 0.735. The van der Waals surface area contributed by atoms with Crippen molar-refractivity contribution in [3.8, 4) is 5.75 Å². The molecular formula is C23H24N2O5. The van der Waals surface area contributed by atoms with Crippen molar-refractivity contribution >= 4 is 29.2 Å². The number of methoxy groups -OCH3 is 1. The van der Waals surface area contributed by atoms with E-state index in [1.807, 2.05) is 6.07 Å². The van der Waals surface area contributed by atoms with Crippen LogP contribution in [0.2, 0.25) is 0 Å². The summed E-state index contributed by atoms with van der Waals surface area (Å²) in [5.74, 6) is -0.823. The van der Waals surface area contributed by atoms with Crippen LogP contribution in [0.1, 0.15) is 42.5 Å². The highest BCUT2D eigenvalue weighted by Gasteiger charge is 2.53. The van der Waals surface area contributed by atoms with Crippen molar-refractivity contribution in [3.63, 3.8) is 0 Å². The second kappa shape index (κ2) is 8.18. The molecule has 2 amide bonds. The topological polar surface area (TPSA) is 93.7 Å². The third-order valence-corrected chi connectivity index (χ3v) is 5.84. The van der Waals surface area contributed by atoms with Gasteiger partial charge in [-0.25, -0.2) is 0 Å². The first-order valence-corrected chi connectivity index (χ1v) is 10.1. The van der Waals surface area contributed by atoms with E-state index in [4.69, 9.17) is 9.47 Å². The van der Waals surface area contributed by atoms with Crippen LogP contribution < -0.4 is 15.4 Å². The maximum Gasteiger partial charge on any atom is 0.307 e. The molecule has 1 atom stereocenters. The zero-order valence-electron chi connectivity index (χ0n) is 16.8. The molecule has 2 aromatic rings. The van der Waals surface area contributed by atoms with E-state index >= 15 is 0 Å². The van der Waals surface area contributed by atoms with Gasteiger partial charge in [0.2, 0.25) is 5.91 Å². The Labute approximate surface area is 174 Å². The van der Waals surface area contributed by atoms with E-state index in [-0.39, 0.29) is 24.2 Å². The molecule has 1 saturated heterocycles. The van der Waals surface area contributed by atoms with Crippen LogP contribution in [0, 0.1) is 5.92 Å². The van der Waals surface area contributed by atoms with Gasteiger partial charge in [-0.2, -0.15) is 0 Å². The van der Waals surface area contributed by atoms with Crippen molar-refractivity contribution in [1.82, 2.24) is 0 Å². The average molecular weight is 408 g/mol. The molecule has 1 spiro atoms. The van der Waals surface area contributed by atoms with Crippen LogP contribution in [0.15, 0.2) is 48.5 Å². The molecule has 7 nitrogen and oxygen atoms in total. The van der Waals surface area contributed by atoms with Crippen molar-refractivity contribution < 1.29 is 23.9 Å². The predicted octanol–water partition coefficient (Wildman–Crippen LogP) is 3.76. The van der Waals surface area contributed by atoms with Gasteiger partial charge in [0.15, 0.2) is 0 Å². The second-order valence-electron chi connectivity index (χ2n) is 7.73. The number of hydrogen-bond acceptors (Lipinski definition) is 5. The number of esters is 1. The Hall–Kier alpha value is -3.35. The highest BCUT2D eigenvalue weighted by molar-refractivity contribution is 6.06. The van der Waals surface area contributed by atoms with Gasteiger partial charge in [-0.1, -0.05) is 18.2 Å². The average Bonchev–Trinajstić information content (AvgIpc) is 3.34. The number of carbonyl (C=O) groups excluding carboxylic acids is 3. The molecule has 2 aromatic carbocycles. The first kappa shape index (κ1) is 19.9. The number of rotatable bonds is 5. The first-order chi connectivity index (χ1) is 14.5. The normalized spacial score (nSPS) is 19.4. The molecule has 156 valence electrons. The highest BCUT2D eigenvalue weighted by Crippen LogP contribution is 2.45. The third kappa shape index (κ3) is 3.87. The number of para-hydroxylation sites is 2. The maximum absolute atomic E-state index is 12.9. The van der Waals surface area contributed by atoms with E-state index in [1.165, 1.54) is 7.11 Å². The van der Waals surface area contributed by atoms with Gasteiger partial charge in [0.05, 0.1) is 25.1 Å². The number of ether oxygens (including phenoxy) is 2. The fourth-order valence-electron chi connectivity index (χ4n) is 4.36. The fraction of sp³-hybridized carbons (Fsp3) is 0.348. The molecule has 0 aromatic heterocycles. The summed E-state index contributed by atoms with van der Waals surface area (Å²) in [6.07, 6.45) is 3.45. The second-order valence-corrected chi connectivity index (χ2v) is 7.73. The molecule has 7 heteroatoms. The summed E-state index contributed by atoms with van der Waals surface area (Å²) < 4.78 is 10.8. The first-order valence-electron chi connectivity index (χ1n) is 10.1. The molecule has 0 unspecified atom stereocenters. The van der Waals surface area contributed by atoms with E-state index in [2.05, 4.69) is 10.6 Å². The molecule has 0 bridgehead atoms. The SMILES string of the molecule is COc1ccccc1NC(=O)c1cccc(NC(=O)[C@@H]2CC(=O)OC23CCCC3)c1. The van der Waals surface area contributed by atoms with Crippen molar-refractivity contribution in [2.24, 2.45) is 5.92 Å². The smallest absolute Gasteiger partial charge is 0.307 e. The molecule has 1 heterocycles. The molecule has 2 aliphatic rings. The third-order valence-electron chi connectivity index (χ3n) is 5.84. The fourth-order valence-corrected chi connectivity index (χ4v) is 4.36. The molecule has 4 rings (SSSR count). The van der Waals surface area contributed by atoms with E-state index in [0.717, 1.165) is 25.7 Å². The molecule has 1 aliphatic heterocycles. The van der Waals surface area contributed by atoms with E-state index in [1.54, 1.807) is 42.5 Å². The van der Waals surface area contributed by atoms with Crippen molar-refractivity contribution in [3.05, 3.63) is 54.1 Å². The van der Waals surface area contributed by atoms with Crippen molar-refractivity contribution in [2.75, 3.05) is 17.7 Å². The van der Waals surface area contributed by atoms with Gasteiger partial charge in [0.25, 0.3) is 5.91 Å². The minimum atomic E-state index is -0.667. The summed E-state index contributed by atoms with van der Waals surface area (Å²) in [5, 5.41) is 5.68. The Morgan fingerprint density at radius 2 is 1.83 bits per heavy atom. The van der Waals surface area contributed by atoms with E-state index < -0.39 is 11.5 Å². The van der Waals surface area contributed by atoms with Crippen LogP contribution in [-0.4, -0.2) is 30.5 Å². The van der Waals surface area contributed by atoms with Gasteiger partial charge in [-0.3, -0.25) is 14.4 Å². The number of benzene rings is 2. The summed E-state index contributed by atoms with van der Waals surface area (Å²) in [6, 6.07) is 13.8. The predicted molar refractivity (Wildman–Crippen MR) is 111 cm³/mol. The van der Waals surface area contributed by atoms with Gasteiger partial charge in [-0.05, 0) is 56.0 Å². The van der Waals surface area contributed by atoms with Crippen molar-refractivity contribution in [1.29, 1.82) is 0 Å². The molecule has 2 fully saturated rings. The van der Waals surface area contributed by atoms with E-state index in [0.29, 0.717) is 22.7 Å².